The van der Waals surface area contributed by atoms with Crippen LogP contribution in [-0.2, 0) is 11.3 Å². The quantitative estimate of drug-likeness (QED) is 0.807. The van der Waals surface area contributed by atoms with Crippen molar-refractivity contribution in [2.75, 3.05) is 19.6 Å². The molecule has 1 fully saturated rings. The maximum atomic E-state index is 10.8. The minimum Gasteiger partial charge on any atom is -0.481 e. The first-order valence-corrected chi connectivity index (χ1v) is 7.91. The first kappa shape index (κ1) is 17.9. The summed E-state index contributed by atoms with van der Waals surface area (Å²) in [5.41, 5.74) is 0.811. The molecule has 1 aromatic rings. The van der Waals surface area contributed by atoms with Crippen LogP contribution in [-0.4, -0.2) is 40.5 Å². The van der Waals surface area contributed by atoms with E-state index in [1.165, 1.54) is 0 Å². The normalized spacial score (nSPS) is 13.6. The molecule has 0 unspecified atom stereocenters. The smallest absolute Gasteiger partial charge is 0.305 e. The molecule has 1 N–H and O–H groups in total. The highest BCUT2D eigenvalue weighted by Gasteiger charge is 2.28. The number of hydrogen-bond acceptors (Lipinski definition) is 5. The number of nitriles is 2. The number of hydrogen-bond donors (Lipinski definition) is 1. The zero-order chi connectivity index (χ0) is 17.7. The molecule has 0 bridgehead atoms. The molecular formula is C16H14Cl2N4O2. The largest absolute Gasteiger partial charge is 0.481 e. The van der Waals surface area contributed by atoms with Crippen molar-refractivity contribution < 1.29 is 9.90 Å². The van der Waals surface area contributed by atoms with Crippen LogP contribution >= 0.6 is 23.2 Å². The number of allylic oxidation sites excluding steroid dienone is 1. The van der Waals surface area contributed by atoms with Crippen LogP contribution in [0.25, 0.3) is 0 Å². The maximum Gasteiger partial charge on any atom is 0.305 e. The monoisotopic (exact) mass is 364 g/mol. The van der Waals surface area contributed by atoms with Crippen LogP contribution < -0.4 is 0 Å². The molecule has 1 aliphatic rings. The summed E-state index contributed by atoms with van der Waals surface area (Å²) in [6.45, 7) is 1.78. The summed E-state index contributed by atoms with van der Waals surface area (Å²) in [6.07, 6.45) is -0.0650. The highest BCUT2D eigenvalue weighted by Crippen LogP contribution is 2.26. The third-order valence-electron chi connectivity index (χ3n) is 3.58. The van der Waals surface area contributed by atoms with E-state index in [1.54, 1.807) is 23.1 Å². The van der Waals surface area contributed by atoms with E-state index >= 15 is 0 Å². The fraction of sp³-hybridized carbons (Fsp3) is 0.312. The molecule has 124 valence electrons. The highest BCUT2D eigenvalue weighted by molar-refractivity contribution is 6.34. The summed E-state index contributed by atoms with van der Waals surface area (Å²) in [6, 6.07) is 8.93. The van der Waals surface area contributed by atoms with Crippen LogP contribution in [0.15, 0.2) is 29.6 Å². The molecule has 6 nitrogen and oxygen atoms in total. The van der Waals surface area contributed by atoms with E-state index in [2.05, 4.69) is 0 Å². The lowest BCUT2D eigenvalue weighted by molar-refractivity contribution is -0.137. The van der Waals surface area contributed by atoms with Gasteiger partial charge in [0.25, 0.3) is 0 Å². The van der Waals surface area contributed by atoms with Crippen molar-refractivity contribution in [2.24, 2.45) is 0 Å². The van der Waals surface area contributed by atoms with Crippen molar-refractivity contribution in [3.63, 3.8) is 0 Å². The van der Waals surface area contributed by atoms with Gasteiger partial charge in [0, 0.05) is 36.2 Å². The molecule has 24 heavy (non-hydrogen) atoms. The van der Waals surface area contributed by atoms with Crippen LogP contribution in [0, 0.1) is 22.7 Å². The van der Waals surface area contributed by atoms with Gasteiger partial charge in [-0.1, -0.05) is 23.2 Å². The van der Waals surface area contributed by atoms with Gasteiger partial charge in [0.1, 0.15) is 18.0 Å². The van der Waals surface area contributed by atoms with Gasteiger partial charge < -0.3 is 14.9 Å². The third-order valence-corrected chi connectivity index (χ3v) is 4.01. The van der Waals surface area contributed by atoms with E-state index < -0.39 is 5.97 Å². The molecular weight excluding hydrogens is 351 g/mol. The molecule has 1 aliphatic heterocycles. The fourth-order valence-corrected chi connectivity index (χ4v) is 3.19. The number of rotatable bonds is 5. The van der Waals surface area contributed by atoms with Crippen LogP contribution in [0.5, 0.6) is 0 Å². The second-order valence-corrected chi connectivity index (χ2v) is 6.13. The van der Waals surface area contributed by atoms with Gasteiger partial charge in [0.05, 0.1) is 6.42 Å². The number of aliphatic carboxylic acids is 1. The predicted octanol–water partition coefficient (Wildman–Crippen LogP) is 2.84. The molecule has 0 atom stereocenters. The number of carbonyl (C=O) groups is 1. The van der Waals surface area contributed by atoms with E-state index in [1.807, 2.05) is 17.0 Å². The van der Waals surface area contributed by atoms with Crippen molar-refractivity contribution in [3.8, 4) is 12.1 Å². The van der Waals surface area contributed by atoms with Crippen molar-refractivity contribution in [2.45, 2.75) is 13.0 Å². The zero-order valence-electron chi connectivity index (χ0n) is 12.7. The molecule has 1 saturated heterocycles. The van der Waals surface area contributed by atoms with Crippen molar-refractivity contribution in [3.05, 3.63) is 45.2 Å². The van der Waals surface area contributed by atoms with Gasteiger partial charge in [-0.15, -0.1) is 0 Å². The third kappa shape index (κ3) is 4.32. The minimum absolute atomic E-state index is 0.0361. The Morgan fingerprint density at radius 1 is 1.12 bits per heavy atom. The predicted molar refractivity (Wildman–Crippen MR) is 88.9 cm³/mol. The lowest BCUT2D eigenvalue weighted by atomic mass is 10.2. The maximum absolute atomic E-state index is 10.8. The van der Waals surface area contributed by atoms with Gasteiger partial charge in [0.15, 0.2) is 5.57 Å². The Morgan fingerprint density at radius 2 is 1.71 bits per heavy atom. The van der Waals surface area contributed by atoms with Crippen molar-refractivity contribution in [1.29, 1.82) is 10.5 Å². The number of nitrogens with zero attached hydrogens (tertiary/aromatic N) is 4. The van der Waals surface area contributed by atoms with E-state index in [0.717, 1.165) is 5.56 Å². The van der Waals surface area contributed by atoms with Gasteiger partial charge in [-0.05, 0) is 23.8 Å². The summed E-state index contributed by atoms with van der Waals surface area (Å²) in [4.78, 5) is 14.4. The Balaban J connectivity index is 2.28. The highest BCUT2D eigenvalue weighted by atomic mass is 35.5. The first-order valence-electron chi connectivity index (χ1n) is 7.15. The Bertz CT molecular complexity index is 728. The second-order valence-electron chi connectivity index (χ2n) is 5.25. The molecule has 8 heteroatoms. The first-order chi connectivity index (χ1) is 11.4. The van der Waals surface area contributed by atoms with Gasteiger partial charge in [-0.3, -0.25) is 4.79 Å². The zero-order valence-corrected chi connectivity index (χ0v) is 14.2. The lowest BCUT2D eigenvalue weighted by Gasteiger charge is -2.24. The summed E-state index contributed by atoms with van der Waals surface area (Å²) in [5, 5.41) is 28.3. The Labute approximate surface area is 149 Å². The van der Waals surface area contributed by atoms with Crippen LogP contribution in [0.1, 0.15) is 12.0 Å². The van der Waals surface area contributed by atoms with E-state index in [9.17, 15) is 15.3 Å². The molecule has 2 rings (SSSR count). The van der Waals surface area contributed by atoms with Crippen LogP contribution in [0.2, 0.25) is 10.0 Å². The topological polar surface area (TPSA) is 91.4 Å². The molecule has 0 amide bonds. The number of carboxylic acid groups (broad SMARTS) is 1. The van der Waals surface area contributed by atoms with E-state index in [-0.39, 0.29) is 18.5 Å². The summed E-state index contributed by atoms with van der Waals surface area (Å²) in [5.74, 6) is -0.470. The van der Waals surface area contributed by atoms with Crippen molar-refractivity contribution in [1.82, 2.24) is 9.80 Å². The molecule has 1 aromatic carbocycles. The number of benzene rings is 1. The average Bonchev–Trinajstić information content (AvgIpc) is 2.88. The SMILES string of the molecule is N#CC(C#N)=C1N(CCC(=O)O)CCN1Cc1cc(Cl)cc(Cl)c1. The summed E-state index contributed by atoms with van der Waals surface area (Å²) >= 11 is 12.0. The lowest BCUT2D eigenvalue weighted by Crippen LogP contribution is -2.26. The standard InChI is InChI=1S/C16H14Cl2N4O2/c17-13-5-11(6-14(18)7-13)10-22-4-3-21(2-1-15(23)24)16(22)12(8-19)9-20/h5-7H,1-4,10H2,(H,23,24). The Hall–Kier alpha value is -2.41. The summed E-state index contributed by atoms with van der Waals surface area (Å²) in [7, 11) is 0. The molecule has 0 aliphatic carbocycles. The molecule has 0 saturated carbocycles. The van der Waals surface area contributed by atoms with Gasteiger partial charge >= 0.3 is 5.97 Å². The Morgan fingerprint density at radius 3 is 2.25 bits per heavy atom. The molecule has 0 spiro atoms. The molecule has 0 aromatic heterocycles. The van der Waals surface area contributed by atoms with Crippen molar-refractivity contribution >= 4 is 29.2 Å². The van der Waals surface area contributed by atoms with E-state index in [0.29, 0.717) is 35.5 Å². The van der Waals surface area contributed by atoms with Gasteiger partial charge in [-0.2, -0.15) is 10.5 Å². The second kappa shape index (κ2) is 7.92. The molecule has 1 heterocycles. The number of carboxylic acids is 1. The van der Waals surface area contributed by atoms with Crippen LogP contribution in [0.3, 0.4) is 0 Å². The van der Waals surface area contributed by atoms with E-state index in [4.69, 9.17) is 28.3 Å². The minimum atomic E-state index is -0.926. The molecule has 0 radical (unpaired) electrons. The number of halogens is 2. The van der Waals surface area contributed by atoms with Gasteiger partial charge in [0.2, 0.25) is 0 Å². The van der Waals surface area contributed by atoms with Gasteiger partial charge in [-0.25, -0.2) is 0 Å². The average molecular weight is 365 g/mol. The summed E-state index contributed by atoms with van der Waals surface area (Å²) < 4.78 is 0. The fourth-order valence-electron chi connectivity index (χ4n) is 2.62. The van der Waals surface area contributed by atoms with Crippen LogP contribution in [0.4, 0.5) is 0 Å². The Kier molecular flexibility index (Phi) is 5.92.